The molecule has 0 bridgehead atoms. The van der Waals surface area contributed by atoms with E-state index in [-0.39, 0.29) is 24.2 Å². The molecule has 74 valence electrons. The van der Waals surface area contributed by atoms with Crippen LogP contribution in [0.25, 0.3) is 0 Å². The molecular weight excluding hydrogens is 154 g/mol. The highest BCUT2D eigenvalue weighted by atomic mass is 16.3. The Balaban J connectivity index is 3.67. The van der Waals surface area contributed by atoms with E-state index in [4.69, 9.17) is 10.2 Å². The van der Waals surface area contributed by atoms with Crippen LogP contribution in [0, 0.1) is 5.41 Å². The van der Waals surface area contributed by atoms with E-state index in [0.717, 1.165) is 6.54 Å². The summed E-state index contributed by atoms with van der Waals surface area (Å²) in [6, 6.07) is 0.0795. The predicted molar refractivity (Wildman–Crippen MR) is 50.0 cm³/mol. The molecule has 3 N–H and O–H groups in total. The molecule has 0 aromatic heterocycles. The molecule has 3 nitrogen and oxygen atoms in total. The van der Waals surface area contributed by atoms with Gasteiger partial charge >= 0.3 is 0 Å². The molecule has 0 aliphatic carbocycles. The molecular formula is C9H21NO2. The van der Waals surface area contributed by atoms with Crippen molar-refractivity contribution in [3.8, 4) is 0 Å². The third-order valence-corrected chi connectivity index (χ3v) is 2.05. The minimum absolute atomic E-state index is 0.0795. The second-order valence-corrected chi connectivity index (χ2v) is 4.23. The van der Waals surface area contributed by atoms with Gasteiger partial charge in [-0.05, 0) is 13.8 Å². The van der Waals surface area contributed by atoms with E-state index in [1.807, 2.05) is 20.8 Å². The number of aliphatic hydroxyl groups excluding tert-OH is 2. The van der Waals surface area contributed by atoms with Crippen LogP contribution in [0.4, 0.5) is 0 Å². The Morgan fingerprint density at radius 1 is 1.33 bits per heavy atom. The summed E-state index contributed by atoms with van der Waals surface area (Å²) in [6.45, 7) is 8.52. The lowest BCUT2D eigenvalue weighted by atomic mass is 9.94. The van der Waals surface area contributed by atoms with Gasteiger partial charge in [0.2, 0.25) is 0 Å². The molecule has 2 atom stereocenters. The van der Waals surface area contributed by atoms with E-state index >= 15 is 0 Å². The zero-order valence-corrected chi connectivity index (χ0v) is 8.46. The van der Waals surface area contributed by atoms with Crippen LogP contribution in [-0.4, -0.2) is 35.5 Å². The van der Waals surface area contributed by atoms with Crippen molar-refractivity contribution >= 4 is 0 Å². The Bertz CT molecular complexity index is 124. The van der Waals surface area contributed by atoms with Crippen LogP contribution in [0.5, 0.6) is 0 Å². The lowest BCUT2D eigenvalue weighted by Crippen LogP contribution is -2.42. The van der Waals surface area contributed by atoms with Crippen LogP contribution in [-0.2, 0) is 0 Å². The van der Waals surface area contributed by atoms with Gasteiger partial charge in [-0.15, -0.1) is 0 Å². The zero-order valence-electron chi connectivity index (χ0n) is 8.46. The van der Waals surface area contributed by atoms with Gasteiger partial charge in [-0.3, -0.25) is 0 Å². The number of nitrogens with one attached hydrogen (secondary N) is 1. The first-order valence-electron chi connectivity index (χ1n) is 4.41. The lowest BCUT2D eigenvalue weighted by molar-refractivity contribution is 0.122. The molecule has 0 heterocycles. The summed E-state index contributed by atoms with van der Waals surface area (Å²) in [5.41, 5.74) is -0.108. The van der Waals surface area contributed by atoms with Crippen LogP contribution in [0.15, 0.2) is 0 Å². The van der Waals surface area contributed by atoms with Gasteiger partial charge < -0.3 is 15.5 Å². The maximum atomic E-state index is 9.17. The standard InChI is InChI=1S/C9H21NO2/c1-7(8(2)12)10-5-9(3,4)6-11/h7-8,10-12H,5-6H2,1-4H3. The van der Waals surface area contributed by atoms with Crippen molar-refractivity contribution in [1.82, 2.24) is 5.32 Å². The van der Waals surface area contributed by atoms with E-state index in [2.05, 4.69) is 5.32 Å². The third kappa shape index (κ3) is 4.70. The fraction of sp³-hybridized carbons (Fsp3) is 1.00. The van der Waals surface area contributed by atoms with Gasteiger partial charge in [0.25, 0.3) is 0 Å². The minimum Gasteiger partial charge on any atom is -0.396 e. The summed E-state index contributed by atoms with van der Waals surface area (Å²) >= 11 is 0. The molecule has 0 aliphatic heterocycles. The van der Waals surface area contributed by atoms with Crippen LogP contribution < -0.4 is 5.32 Å². The Morgan fingerprint density at radius 3 is 2.17 bits per heavy atom. The minimum atomic E-state index is -0.348. The second-order valence-electron chi connectivity index (χ2n) is 4.23. The number of rotatable bonds is 5. The Labute approximate surface area is 74.8 Å². The van der Waals surface area contributed by atoms with Crippen molar-refractivity contribution in [1.29, 1.82) is 0 Å². The van der Waals surface area contributed by atoms with Crippen LogP contribution in [0.1, 0.15) is 27.7 Å². The first-order valence-corrected chi connectivity index (χ1v) is 4.41. The Kier molecular flexibility index (Phi) is 4.75. The average Bonchev–Trinajstić information content (AvgIpc) is 2.00. The van der Waals surface area contributed by atoms with Crippen molar-refractivity contribution < 1.29 is 10.2 Å². The van der Waals surface area contributed by atoms with E-state index < -0.39 is 0 Å². The topological polar surface area (TPSA) is 52.5 Å². The monoisotopic (exact) mass is 175 g/mol. The van der Waals surface area contributed by atoms with E-state index in [0.29, 0.717) is 0 Å². The normalized spacial score (nSPS) is 17.5. The summed E-state index contributed by atoms with van der Waals surface area (Å²) in [5, 5.41) is 21.3. The largest absolute Gasteiger partial charge is 0.396 e. The van der Waals surface area contributed by atoms with Crippen LogP contribution in [0.3, 0.4) is 0 Å². The second kappa shape index (κ2) is 4.80. The maximum Gasteiger partial charge on any atom is 0.0662 e. The molecule has 12 heavy (non-hydrogen) atoms. The van der Waals surface area contributed by atoms with Crippen molar-refractivity contribution in [2.45, 2.75) is 39.8 Å². The SMILES string of the molecule is CC(O)C(C)NCC(C)(C)CO. The highest BCUT2D eigenvalue weighted by Gasteiger charge is 2.18. The molecule has 3 heteroatoms. The molecule has 0 amide bonds. The molecule has 0 saturated carbocycles. The van der Waals surface area contributed by atoms with E-state index in [1.54, 1.807) is 6.92 Å². The Morgan fingerprint density at radius 2 is 1.83 bits per heavy atom. The van der Waals surface area contributed by atoms with Gasteiger partial charge in [-0.25, -0.2) is 0 Å². The molecule has 0 rings (SSSR count). The van der Waals surface area contributed by atoms with Gasteiger partial charge in [0.15, 0.2) is 0 Å². The van der Waals surface area contributed by atoms with Gasteiger partial charge in [-0.2, -0.15) is 0 Å². The molecule has 0 spiro atoms. The molecule has 0 aliphatic rings. The molecule has 0 fully saturated rings. The summed E-state index contributed by atoms with van der Waals surface area (Å²) in [7, 11) is 0. The van der Waals surface area contributed by atoms with Crippen molar-refractivity contribution in [3.63, 3.8) is 0 Å². The predicted octanol–water partition coefficient (Wildman–Crippen LogP) is 0.364. The van der Waals surface area contributed by atoms with Gasteiger partial charge in [-0.1, -0.05) is 13.8 Å². The number of aliphatic hydroxyl groups is 2. The van der Waals surface area contributed by atoms with Crippen molar-refractivity contribution in [3.05, 3.63) is 0 Å². The number of hydrogen-bond acceptors (Lipinski definition) is 3. The van der Waals surface area contributed by atoms with Crippen molar-refractivity contribution in [2.75, 3.05) is 13.2 Å². The highest BCUT2D eigenvalue weighted by molar-refractivity contribution is 4.74. The van der Waals surface area contributed by atoms with Crippen LogP contribution in [0.2, 0.25) is 0 Å². The summed E-state index contributed by atoms with van der Waals surface area (Å²) in [4.78, 5) is 0. The first kappa shape index (κ1) is 11.9. The fourth-order valence-corrected chi connectivity index (χ4v) is 0.664. The smallest absolute Gasteiger partial charge is 0.0662 e. The summed E-state index contributed by atoms with van der Waals surface area (Å²) < 4.78 is 0. The molecule has 0 aromatic carbocycles. The number of hydrogen-bond donors (Lipinski definition) is 3. The van der Waals surface area contributed by atoms with Gasteiger partial charge in [0.05, 0.1) is 6.10 Å². The summed E-state index contributed by atoms with van der Waals surface area (Å²) in [5.74, 6) is 0. The lowest BCUT2D eigenvalue weighted by Gasteiger charge is -2.25. The van der Waals surface area contributed by atoms with E-state index in [1.165, 1.54) is 0 Å². The zero-order chi connectivity index (χ0) is 9.78. The molecule has 0 saturated heterocycles. The molecule has 2 unspecified atom stereocenters. The van der Waals surface area contributed by atoms with Crippen molar-refractivity contribution in [2.24, 2.45) is 5.41 Å². The molecule has 0 aromatic rings. The van der Waals surface area contributed by atoms with E-state index in [9.17, 15) is 0 Å². The average molecular weight is 175 g/mol. The summed E-state index contributed by atoms with van der Waals surface area (Å²) in [6.07, 6.45) is -0.348. The highest BCUT2D eigenvalue weighted by Crippen LogP contribution is 2.11. The van der Waals surface area contributed by atoms with Gasteiger partial charge in [0.1, 0.15) is 0 Å². The molecule has 0 radical (unpaired) electrons. The third-order valence-electron chi connectivity index (χ3n) is 2.05. The Hall–Kier alpha value is -0.120. The van der Waals surface area contributed by atoms with Crippen LogP contribution >= 0.6 is 0 Å². The maximum absolute atomic E-state index is 9.17. The first-order chi connectivity index (χ1) is 5.39. The van der Waals surface area contributed by atoms with Gasteiger partial charge in [0, 0.05) is 24.6 Å². The quantitative estimate of drug-likeness (QED) is 0.565. The fourth-order valence-electron chi connectivity index (χ4n) is 0.664.